The number of benzene rings is 1. The second-order valence-corrected chi connectivity index (χ2v) is 19.0. The molecule has 20 heteroatoms. The lowest BCUT2D eigenvalue weighted by Crippen LogP contribution is -2.51. The van der Waals surface area contributed by atoms with Crippen molar-refractivity contribution in [3.05, 3.63) is 81.4 Å². The number of fused-ring (bicyclic) bond motifs is 1. The van der Waals surface area contributed by atoms with Crippen LogP contribution in [0, 0.1) is 18.3 Å². The summed E-state index contributed by atoms with van der Waals surface area (Å²) < 4.78 is 12.9. The number of Topliss-reactive ketones (excluding diaryl/α,β-unsaturated/α-hetero) is 1. The standard InChI is InChI=1S/C46H58Cl2N10O7S/c1-27-41(66-26-53-27)30-14-12-29(13-15-30)22-51-42(61)35-20-32(59)25-57(35)44(62)39(46(3,4)5)36(60)11-9-7-8-10-16-49-17-18-65-43-33(19-31(47)23-52-43)54-45(63)55-34-24-50-38-21-37(48)56-58(38)40(34)28(2)64-6/h12-15,19,21,23-24,26,28,32,35,39,49,59H,7-11,16-18,20,22,25H2,1-6H3,(H,51,61)(H2,54,55,63)/t28-,32-,35+,39-/m0/s1. The minimum atomic E-state index is -0.949. The van der Waals surface area contributed by atoms with E-state index in [-0.39, 0.29) is 60.9 Å². The first-order valence-corrected chi connectivity index (χ1v) is 23.6. The van der Waals surface area contributed by atoms with Crippen molar-refractivity contribution in [3.63, 3.8) is 0 Å². The number of β-amino-alcohol motifs (C(OH)–C–C–N with tert-alkyl or cyclic N) is 1. The van der Waals surface area contributed by atoms with E-state index < -0.39 is 41.5 Å². The number of halogens is 2. The monoisotopic (exact) mass is 964 g/mol. The largest absolute Gasteiger partial charge is 0.475 e. The number of ketones is 1. The van der Waals surface area contributed by atoms with Crippen molar-refractivity contribution in [2.45, 2.75) is 97.9 Å². The topological polar surface area (TPSA) is 214 Å². The number of hydrogen-bond acceptors (Lipinski definition) is 13. The maximum atomic E-state index is 14.1. The molecule has 4 amide bonds. The molecule has 5 heterocycles. The summed E-state index contributed by atoms with van der Waals surface area (Å²) in [6, 6.07) is 9.56. The summed E-state index contributed by atoms with van der Waals surface area (Å²) in [6.45, 7) is 11.1. The summed E-state index contributed by atoms with van der Waals surface area (Å²) in [5.74, 6) is -1.70. The fourth-order valence-electron chi connectivity index (χ4n) is 7.94. The number of methoxy groups -OCH3 is 1. The first-order valence-electron chi connectivity index (χ1n) is 22.0. The zero-order valence-corrected chi connectivity index (χ0v) is 40.4. The summed E-state index contributed by atoms with van der Waals surface area (Å²) in [7, 11) is 1.54. The lowest BCUT2D eigenvalue weighted by molar-refractivity contribution is -0.149. The zero-order valence-electron chi connectivity index (χ0n) is 38.0. The molecule has 17 nitrogen and oxygen atoms in total. The molecule has 354 valence electrons. The highest BCUT2D eigenvalue weighted by molar-refractivity contribution is 7.13. The van der Waals surface area contributed by atoms with Crippen LogP contribution in [-0.2, 0) is 25.7 Å². The molecule has 0 saturated carbocycles. The molecule has 4 aromatic heterocycles. The van der Waals surface area contributed by atoms with E-state index in [1.165, 1.54) is 27.9 Å². The third-order valence-corrected chi connectivity index (χ3v) is 12.7. The number of aromatic nitrogens is 5. The first kappa shape index (κ1) is 50.2. The van der Waals surface area contributed by atoms with Gasteiger partial charge in [-0.3, -0.25) is 14.4 Å². The molecule has 1 aromatic carbocycles. The van der Waals surface area contributed by atoms with Crippen LogP contribution in [0.4, 0.5) is 16.2 Å². The highest BCUT2D eigenvalue weighted by Crippen LogP contribution is 2.34. The Morgan fingerprint density at radius 1 is 0.970 bits per heavy atom. The van der Waals surface area contributed by atoms with E-state index in [1.54, 1.807) is 24.5 Å². The molecule has 0 bridgehead atoms. The number of hydrogen-bond donors (Lipinski definition) is 5. The molecule has 1 aliphatic heterocycles. The molecule has 66 heavy (non-hydrogen) atoms. The normalized spacial score (nSPS) is 16.0. The summed E-state index contributed by atoms with van der Waals surface area (Å²) in [4.78, 5) is 69.8. The molecule has 1 fully saturated rings. The van der Waals surface area contributed by atoms with Crippen LogP contribution in [0.15, 0.2) is 54.3 Å². The van der Waals surface area contributed by atoms with Crippen LogP contribution in [0.1, 0.15) is 89.3 Å². The van der Waals surface area contributed by atoms with E-state index in [9.17, 15) is 24.3 Å². The number of aryl methyl sites for hydroxylation is 1. The number of unbranched alkanes of at least 4 members (excludes halogenated alkanes) is 3. The fraction of sp³-hybridized carbons (Fsp3) is 0.478. The van der Waals surface area contributed by atoms with Crippen LogP contribution in [0.3, 0.4) is 0 Å². The predicted octanol–water partition coefficient (Wildman–Crippen LogP) is 7.64. The van der Waals surface area contributed by atoms with Crippen molar-refractivity contribution in [3.8, 4) is 16.3 Å². The predicted molar refractivity (Wildman–Crippen MR) is 255 cm³/mol. The maximum absolute atomic E-state index is 14.1. The third kappa shape index (κ3) is 13.0. The van der Waals surface area contributed by atoms with E-state index in [1.807, 2.05) is 64.4 Å². The molecule has 0 spiro atoms. The Kier molecular flexibility index (Phi) is 17.5. The van der Waals surface area contributed by atoms with Gasteiger partial charge in [-0.15, -0.1) is 11.3 Å². The molecule has 6 rings (SSSR count). The third-order valence-electron chi connectivity index (χ3n) is 11.3. The van der Waals surface area contributed by atoms with Crippen LogP contribution >= 0.6 is 34.5 Å². The molecule has 5 aromatic rings. The lowest BCUT2D eigenvalue weighted by Gasteiger charge is -2.34. The number of aliphatic hydroxyl groups excluding tert-OH is 1. The average Bonchev–Trinajstić information content (AvgIpc) is 4.00. The maximum Gasteiger partial charge on any atom is 0.323 e. The molecule has 0 unspecified atom stereocenters. The number of nitrogens with one attached hydrogen (secondary N) is 4. The smallest absolute Gasteiger partial charge is 0.323 e. The van der Waals surface area contributed by atoms with E-state index >= 15 is 0 Å². The van der Waals surface area contributed by atoms with Gasteiger partial charge in [0.2, 0.25) is 17.7 Å². The minimum Gasteiger partial charge on any atom is -0.475 e. The van der Waals surface area contributed by atoms with Crippen LogP contribution in [0.5, 0.6) is 5.88 Å². The number of pyridine rings is 1. The SMILES string of the molecule is CO[C@@H](C)c1c(NC(=O)Nc2cc(Cl)cnc2OCCNCCCCCCC(=O)[C@@H](C(=O)N2C[C@@H](O)C[C@@H]2C(=O)NCc2ccc(-c3scnc3C)cc2)C(C)(C)C)cnc2cc(Cl)nn12. The van der Waals surface area contributed by atoms with Gasteiger partial charge < -0.3 is 40.7 Å². The van der Waals surface area contributed by atoms with Crippen molar-refractivity contribution in [1.29, 1.82) is 0 Å². The quantitative estimate of drug-likeness (QED) is 0.0355. The Hall–Kier alpha value is -5.24. The van der Waals surface area contributed by atoms with Crippen molar-refractivity contribution in [2.24, 2.45) is 11.3 Å². The number of amides is 4. The summed E-state index contributed by atoms with van der Waals surface area (Å²) in [6.07, 6.45) is 5.10. The first-order chi connectivity index (χ1) is 31.5. The molecule has 0 radical (unpaired) electrons. The molecular weight excluding hydrogens is 908 g/mol. The van der Waals surface area contributed by atoms with E-state index in [2.05, 4.69) is 41.3 Å². The van der Waals surface area contributed by atoms with Crippen LogP contribution < -0.4 is 26.0 Å². The fourth-order valence-corrected chi connectivity index (χ4v) is 9.09. The number of carbonyl (C=O) groups excluding carboxylic acids is 4. The van der Waals surface area contributed by atoms with Gasteiger partial charge >= 0.3 is 6.03 Å². The van der Waals surface area contributed by atoms with Crippen molar-refractivity contribution < 1.29 is 33.8 Å². The Morgan fingerprint density at radius 2 is 1.71 bits per heavy atom. The molecule has 1 aliphatic rings. The number of urea groups is 1. The van der Waals surface area contributed by atoms with Crippen LogP contribution in [0.2, 0.25) is 10.2 Å². The lowest BCUT2D eigenvalue weighted by atomic mass is 9.76. The molecule has 1 saturated heterocycles. The van der Waals surface area contributed by atoms with E-state index in [0.29, 0.717) is 41.6 Å². The minimum absolute atomic E-state index is 0.00119. The van der Waals surface area contributed by atoms with Gasteiger partial charge in [0.1, 0.15) is 30.0 Å². The Morgan fingerprint density at radius 3 is 2.42 bits per heavy atom. The second-order valence-electron chi connectivity index (χ2n) is 17.4. The summed E-state index contributed by atoms with van der Waals surface area (Å²) in [5.41, 5.74) is 5.71. The van der Waals surface area contributed by atoms with Crippen molar-refractivity contribution >= 4 is 75.2 Å². The number of nitrogens with zero attached hydrogens (tertiary/aromatic N) is 6. The highest BCUT2D eigenvalue weighted by Gasteiger charge is 2.46. The Labute approximate surface area is 398 Å². The number of aliphatic hydroxyl groups is 1. The van der Waals surface area contributed by atoms with Crippen molar-refractivity contribution in [2.75, 3.05) is 44.0 Å². The summed E-state index contributed by atoms with van der Waals surface area (Å²) in [5, 5.41) is 27.2. The number of anilines is 2. The van der Waals surface area contributed by atoms with Gasteiger partial charge in [0, 0.05) is 51.8 Å². The molecule has 5 N–H and O–H groups in total. The van der Waals surface area contributed by atoms with Gasteiger partial charge in [0.15, 0.2) is 10.8 Å². The highest BCUT2D eigenvalue weighted by atomic mass is 35.5. The number of thiazole rings is 1. The van der Waals surface area contributed by atoms with Gasteiger partial charge in [0.05, 0.1) is 50.9 Å². The number of likely N-dealkylation sites (tertiary alicyclic amines) is 1. The zero-order chi connectivity index (χ0) is 47.5. The van der Waals surface area contributed by atoms with Crippen LogP contribution in [-0.4, -0.2) is 104 Å². The molecule has 4 atom stereocenters. The number of carbonyl (C=O) groups is 4. The number of rotatable bonds is 21. The summed E-state index contributed by atoms with van der Waals surface area (Å²) >= 11 is 13.9. The molecular formula is C46H58Cl2N10O7S. The Balaban J connectivity index is 0.905. The van der Waals surface area contributed by atoms with E-state index in [4.69, 9.17) is 32.7 Å². The van der Waals surface area contributed by atoms with Gasteiger partial charge in [-0.25, -0.2) is 24.3 Å². The van der Waals surface area contributed by atoms with E-state index in [0.717, 1.165) is 41.0 Å². The van der Waals surface area contributed by atoms with Crippen LogP contribution in [0.25, 0.3) is 16.1 Å². The van der Waals surface area contributed by atoms with Gasteiger partial charge in [-0.05, 0) is 55.8 Å². The average molecular weight is 966 g/mol. The Bertz CT molecular complexity index is 2480. The van der Waals surface area contributed by atoms with Crippen molar-refractivity contribution in [1.82, 2.24) is 40.1 Å². The second kappa shape index (κ2) is 23.0. The molecule has 0 aliphatic carbocycles. The van der Waals surface area contributed by atoms with Gasteiger partial charge in [0.25, 0.3) is 0 Å². The number of ether oxygens (including phenoxy) is 2. The van der Waals surface area contributed by atoms with Gasteiger partial charge in [-0.1, -0.05) is 81.1 Å². The van der Waals surface area contributed by atoms with Gasteiger partial charge in [-0.2, -0.15) is 5.10 Å².